The molecule has 0 saturated carbocycles. The summed E-state index contributed by atoms with van der Waals surface area (Å²) in [5.74, 6) is 0. The van der Waals surface area contributed by atoms with Crippen LogP contribution in [0.4, 0.5) is 17.1 Å². The maximum absolute atomic E-state index is 13.1. The second-order valence-electron chi connectivity index (χ2n) is 5.53. The summed E-state index contributed by atoms with van der Waals surface area (Å²) in [4.78, 5) is 10.7. The molecule has 9 heteroatoms. The fourth-order valence-corrected chi connectivity index (χ4v) is 4.53. The number of nitrogen functional groups attached to an aromatic ring is 1. The van der Waals surface area contributed by atoms with Gasteiger partial charge in [0.05, 0.1) is 15.5 Å². The number of aryl methyl sites for hydroxylation is 2. The molecule has 2 N–H and O–H groups in total. The number of rotatable bonds is 6. The number of benzene rings is 2. The number of alkyl halides is 1. The van der Waals surface area contributed by atoms with Gasteiger partial charge in [-0.2, -0.15) is 0 Å². The van der Waals surface area contributed by atoms with Gasteiger partial charge >= 0.3 is 0 Å². The molecular formula is C16H18BrN3O4S. The van der Waals surface area contributed by atoms with Gasteiger partial charge in [0.15, 0.2) is 0 Å². The molecule has 0 bridgehead atoms. The fourth-order valence-electron chi connectivity index (χ4n) is 2.42. The Hall–Kier alpha value is -2.13. The monoisotopic (exact) mass is 427 g/mol. The number of nitro benzene ring substituents is 1. The highest BCUT2D eigenvalue weighted by Gasteiger charge is 2.28. The zero-order valence-corrected chi connectivity index (χ0v) is 16.2. The standard InChI is InChI=1S/C16H18BrN3O4S/c1-11-3-5-13(6-4-11)25(23,24)19(8-7-17)15-10-16(20(21)22)14(18)9-12(15)2/h3-6,9-10H,7-8,18H2,1-2H3. The van der Waals surface area contributed by atoms with E-state index in [2.05, 4.69) is 15.9 Å². The van der Waals surface area contributed by atoms with Crippen LogP contribution >= 0.6 is 15.9 Å². The van der Waals surface area contributed by atoms with E-state index in [0.717, 1.165) is 9.87 Å². The lowest BCUT2D eigenvalue weighted by Gasteiger charge is -2.25. The molecule has 0 atom stereocenters. The van der Waals surface area contributed by atoms with Crippen LogP contribution < -0.4 is 10.0 Å². The van der Waals surface area contributed by atoms with Crippen molar-refractivity contribution in [2.75, 3.05) is 21.9 Å². The topological polar surface area (TPSA) is 107 Å². The van der Waals surface area contributed by atoms with E-state index in [1.54, 1.807) is 19.1 Å². The molecule has 0 aliphatic carbocycles. The maximum Gasteiger partial charge on any atom is 0.294 e. The lowest BCUT2D eigenvalue weighted by molar-refractivity contribution is -0.383. The molecule has 0 aliphatic rings. The van der Waals surface area contributed by atoms with Crippen LogP contribution in [0, 0.1) is 24.0 Å². The van der Waals surface area contributed by atoms with Crippen molar-refractivity contribution in [3.8, 4) is 0 Å². The Morgan fingerprint density at radius 2 is 1.80 bits per heavy atom. The first-order valence-corrected chi connectivity index (χ1v) is 9.94. The second-order valence-corrected chi connectivity index (χ2v) is 8.19. The van der Waals surface area contributed by atoms with Crippen LogP contribution in [-0.2, 0) is 10.0 Å². The van der Waals surface area contributed by atoms with E-state index in [1.165, 1.54) is 24.3 Å². The Labute approximate surface area is 154 Å². The summed E-state index contributed by atoms with van der Waals surface area (Å²) in [6, 6.07) is 9.08. The first-order chi connectivity index (χ1) is 11.7. The number of nitrogens with two attached hydrogens (primary N) is 1. The molecule has 2 rings (SSSR count). The number of halogens is 1. The first-order valence-electron chi connectivity index (χ1n) is 7.38. The minimum absolute atomic E-state index is 0.00206. The Bertz CT molecular complexity index is 898. The summed E-state index contributed by atoms with van der Waals surface area (Å²) >= 11 is 3.25. The van der Waals surface area contributed by atoms with Crippen LogP contribution in [0.1, 0.15) is 11.1 Å². The molecule has 0 amide bonds. The van der Waals surface area contributed by atoms with Crippen LogP contribution in [-0.4, -0.2) is 25.2 Å². The van der Waals surface area contributed by atoms with E-state index >= 15 is 0 Å². The van der Waals surface area contributed by atoms with Crippen molar-refractivity contribution < 1.29 is 13.3 Å². The Morgan fingerprint density at radius 3 is 2.32 bits per heavy atom. The van der Waals surface area contributed by atoms with Crippen molar-refractivity contribution in [3.05, 3.63) is 57.6 Å². The average molecular weight is 428 g/mol. The smallest absolute Gasteiger partial charge is 0.294 e. The highest BCUT2D eigenvalue weighted by Crippen LogP contribution is 2.34. The highest BCUT2D eigenvalue weighted by molar-refractivity contribution is 9.09. The molecule has 0 spiro atoms. The minimum atomic E-state index is -3.87. The quantitative estimate of drug-likeness (QED) is 0.329. The number of sulfonamides is 1. The third kappa shape index (κ3) is 3.93. The van der Waals surface area contributed by atoms with Crippen LogP contribution in [0.5, 0.6) is 0 Å². The molecule has 2 aromatic rings. The molecule has 0 heterocycles. The normalized spacial score (nSPS) is 11.3. The van der Waals surface area contributed by atoms with Gasteiger partial charge in [-0.25, -0.2) is 8.42 Å². The number of hydrogen-bond donors (Lipinski definition) is 1. The van der Waals surface area contributed by atoms with Crippen LogP contribution in [0.15, 0.2) is 41.3 Å². The predicted octanol–water partition coefficient (Wildman–Crippen LogP) is 3.38. The van der Waals surface area contributed by atoms with E-state index in [0.29, 0.717) is 10.9 Å². The molecular weight excluding hydrogens is 410 g/mol. The van der Waals surface area contributed by atoms with Gasteiger partial charge in [0.2, 0.25) is 0 Å². The van der Waals surface area contributed by atoms with Crippen LogP contribution in [0.25, 0.3) is 0 Å². The lowest BCUT2D eigenvalue weighted by atomic mass is 10.1. The third-order valence-corrected chi connectivity index (χ3v) is 5.89. The molecule has 7 nitrogen and oxygen atoms in total. The Balaban J connectivity index is 2.64. The minimum Gasteiger partial charge on any atom is -0.393 e. The molecule has 25 heavy (non-hydrogen) atoms. The highest BCUT2D eigenvalue weighted by atomic mass is 79.9. The zero-order chi connectivity index (χ0) is 18.8. The zero-order valence-electron chi connectivity index (χ0n) is 13.8. The van der Waals surface area contributed by atoms with E-state index in [1.807, 2.05) is 6.92 Å². The van der Waals surface area contributed by atoms with Crippen molar-refractivity contribution in [1.82, 2.24) is 0 Å². The van der Waals surface area contributed by atoms with Crippen molar-refractivity contribution in [2.45, 2.75) is 18.7 Å². The number of nitrogens with zero attached hydrogens (tertiary/aromatic N) is 2. The number of hydrogen-bond acceptors (Lipinski definition) is 5. The van der Waals surface area contributed by atoms with Gasteiger partial charge in [-0.05, 0) is 37.6 Å². The van der Waals surface area contributed by atoms with Gasteiger partial charge in [0.1, 0.15) is 5.69 Å². The summed E-state index contributed by atoms with van der Waals surface area (Å²) in [6.07, 6.45) is 0. The largest absolute Gasteiger partial charge is 0.393 e. The van der Waals surface area contributed by atoms with Gasteiger partial charge in [0.25, 0.3) is 15.7 Å². The molecule has 134 valence electrons. The SMILES string of the molecule is Cc1ccc(S(=O)(=O)N(CCBr)c2cc([N+](=O)[O-])c(N)cc2C)cc1. The Kier molecular flexibility index (Phi) is 5.69. The summed E-state index contributed by atoms with van der Waals surface area (Å²) < 4.78 is 27.3. The Morgan fingerprint density at radius 1 is 1.20 bits per heavy atom. The van der Waals surface area contributed by atoms with Gasteiger partial charge in [-0.1, -0.05) is 33.6 Å². The molecule has 0 unspecified atom stereocenters. The molecule has 0 aliphatic heterocycles. The number of nitro groups is 1. The first kappa shape index (κ1) is 19.2. The van der Waals surface area contributed by atoms with E-state index in [4.69, 9.17) is 5.73 Å². The molecule has 0 fully saturated rings. The van der Waals surface area contributed by atoms with Gasteiger partial charge in [-0.3, -0.25) is 14.4 Å². The van der Waals surface area contributed by atoms with Crippen molar-refractivity contribution in [2.24, 2.45) is 0 Å². The van der Waals surface area contributed by atoms with Gasteiger partial charge in [-0.15, -0.1) is 0 Å². The molecule has 2 aromatic carbocycles. The summed E-state index contributed by atoms with van der Waals surface area (Å²) in [5.41, 5.74) is 7.07. The fraction of sp³-hybridized carbons (Fsp3) is 0.250. The van der Waals surface area contributed by atoms with Crippen molar-refractivity contribution in [3.63, 3.8) is 0 Å². The van der Waals surface area contributed by atoms with E-state index in [-0.39, 0.29) is 28.5 Å². The maximum atomic E-state index is 13.1. The number of anilines is 2. The molecule has 0 saturated heterocycles. The second kappa shape index (κ2) is 7.40. The van der Waals surface area contributed by atoms with E-state index in [9.17, 15) is 18.5 Å². The van der Waals surface area contributed by atoms with Gasteiger partial charge in [0, 0.05) is 17.9 Å². The van der Waals surface area contributed by atoms with Crippen molar-refractivity contribution in [1.29, 1.82) is 0 Å². The molecule has 0 radical (unpaired) electrons. The van der Waals surface area contributed by atoms with Gasteiger partial charge < -0.3 is 5.73 Å². The van der Waals surface area contributed by atoms with E-state index < -0.39 is 14.9 Å². The van der Waals surface area contributed by atoms with Crippen molar-refractivity contribution >= 4 is 43.0 Å². The molecule has 0 aromatic heterocycles. The van der Waals surface area contributed by atoms with Crippen LogP contribution in [0.2, 0.25) is 0 Å². The summed E-state index contributed by atoms with van der Waals surface area (Å²) in [5, 5.41) is 11.5. The predicted molar refractivity (Wildman–Crippen MR) is 102 cm³/mol. The average Bonchev–Trinajstić information content (AvgIpc) is 2.53. The third-order valence-electron chi connectivity index (χ3n) is 3.71. The summed E-state index contributed by atoms with van der Waals surface area (Å²) in [7, 11) is -3.87. The summed E-state index contributed by atoms with van der Waals surface area (Å²) in [6.45, 7) is 3.65. The lowest BCUT2D eigenvalue weighted by Crippen LogP contribution is -2.33. The van der Waals surface area contributed by atoms with Crippen LogP contribution in [0.3, 0.4) is 0 Å².